The first-order valence-electron chi connectivity index (χ1n) is 10.1. The van der Waals surface area contributed by atoms with E-state index in [0.717, 1.165) is 29.1 Å². The molecule has 0 aliphatic rings. The Bertz CT molecular complexity index is 916. The fourth-order valence-corrected chi connectivity index (χ4v) is 3.10. The Hall–Kier alpha value is -2.99. The van der Waals surface area contributed by atoms with Gasteiger partial charge in [-0.2, -0.15) is 0 Å². The molecule has 0 aliphatic heterocycles. The normalized spacial score (nSPS) is 12.9. The van der Waals surface area contributed by atoms with Crippen molar-refractivity contribution in [3.63, 3.8) is 0 Å². The summed E-state index contributed by atoms with van der Waals surface area (Å²) in [5, 5.41) is 18.2. The number of benzene rings is 2. The molecule has 1 unspecified atom stereocenters. The lowest BCUT2D eigenvalue weighted by molar-refractivity contribution is 0.179. The molecule has 0 radical (unpaired) electrons. The van der Waals surface area contributed by atoms with Gasteiger partial charge in [-0.15, -0.1) is 0 Å². The minimum Gasteiger partial charge on any atom is -0.491 e. The molecule has 0 aliphatic carbocycles. The van der Waals surface area contributed by atoms with Gasteiger partial charge in [0.05, 0.1) is 18.8 Å². The number of aliphatic hydroxyl groups is 1. The third-order valence-corrected chi connectivity index (χ3v) is 4.41. The smallest absolute Gasteiger partial charge is 0.191 e. The van der Waals surface area contributed by atoms with Crippen LogP contribution in [0.2, 0.25) is 0 Å². The Morgan fingerprint density at radius 1 is 1.10 bits per heavy atom. The second-order valence-electron chi connectivity index (χ2n) is 7.21. The Morgan fingerprint density at radius 3 is 2.69 bits per heavy atom. The molecule has 1 aromatic heterocycles. The number of hydrogen-bond donors (Lipinski definition) is 4. The fraction of sp³-hybridized carbons (Fsp3) is 0.348. The Labute approximate surface area is 172 Å². The Kier molecular flexibility index (Phi) is 7.14. The molecular formula is C23H30N4O2. The number of nitrogens with zero attached hydrogens (tertiary/aromatic N) is 1. The van der Waals surface area contributed by atoms with Gasteiger partial charge < -0.3 is 25.5 Å². The first kappa shape index (κ1) is 20.7. The lowest BCUT2D eigenvalue weighted by atomic mass is 10.1. The van der Waals surface area contributed by atoms with Crippen LogP contribution in [0.5, 0.6) is 5.75 Å². The van der Waals surface area contributed by atoms with Crippen molar-refractivity contribution >= 4 is 16.9 Å². The second kappa shape index (κ2) is 9.98. The van der Waals surface area contributed by atoms with Gasteiger partial charge in [0.15, 0.2) is 5.96 Å². The van der Waals surface area contributed by atoms with E-state index in [1.165, 1.54) is 5.39 Å². The first-order valence-corrected chi connectivity index (χ1v) is 10.1. The SMILES string of the molecule is CCNC(=NCc1cc2ccccc2[nH]1)NCC(O)c1cccc(OC(C)C)c1. The van der Waals surface area contributed by atoms with Crippen LogP contribution in [0, 0.1) is 0 Å². The number of hydrogen-bond acceptors (Lipinski definition) is 3. The van der Waals surface area contributed by atoms with Crippen molar-refractivity contribution in [2.24, 2.45) is 4.99 Å². The molecule has 6 heteroatoms. The minimum absolute atomic E-state index is 0.0950. The molecule has 1 atom stereocenters. The van der Waals surface area contributed by atoms with Crippen LogP contribution in [0.4, 0.5) is 0 Å². The van der Waals surface area contributed by atoms with Crippen molar-refractivity contribution in [3.05, 3.63) is 65.9 Å². The third-order valence-electron chi connectivity index (χ3n) is 4.41. The van der Waals surface area contributed by atoms with Crippen LogP contribution < -0.4 is 15.4 Å². The zero-order valence-corrected chi connectivity index (χ0v) is 17.3. The number of para-hydroxylation sites is 1. The molecule has 6 nitrogen and oxygen atoms in total. The summed E-state index contributed by atoms with van der Waals surface area (Å²) < 4.78 is 5.71. The highest BCUT2D eigenvalue weighted by Crippen LogP contribution is 2.20. The van der Waals surface area contributed by atoms with E-state index in [1.54, 1.807) is 0 Å². The second-order valence-corrected chi connectivity index (χ2v) is 7.21. The summed E-state index contributed by atoms with van der Waals surface area (Å²) in [6.07, 6.45) is -0.569. The van der Waals surface area contributed by atoms with Crippen molar-refractivity contribution in [1.29, 1.82) is 0 Å². The molecule has 29 heavy (non-hydrogen) atoms. The number of fused-ring (bicyclic) bond motifs is 1. The van der Waals surface area contributed by atoms with Crippen molar-refractivity contribution in [3.8, 4) is 5.75 Å². The Morgan fingerprint density at radius 2 is 1.93 bits per heavy atom. The van der Waals surface area contributed by atoms with Crippen molar-refractivity contribution in [2.45, 2.75) is 39.5 Å². The highest BCUT2D eigenvalue weighted by Gasteiger charge is 2.10. The maximum Gasteiger partial charge on any atom is 0.191 e. The van der Waals surface area contributed by atoms with Gasteiger partial charge in [0.1, 0.15) is 5.75 Å². The summed E-state index contributed by atoms with van der Waals surface area (Å²) in [5.74, 6) is 1.43. The van der Waals surface area contributed by atoms with E-state index in [2.05, 4.69) is 38.8 Å². The number of nitrogens with one attached hydrogen (secondary N) is 3. The van der Waals surface area contributed by atoms with Crippen LogP contribution >= 0.6 is 0 Å². The van der Waals surface area contributed by atoms with E-state index >= 15 is 0 Å². The van der Waals surface area contributed by atoms with Crippen LogP contribution in [0.1, 0.15) is 38.1 Å². The predicted molar refractivity (Wildman–Crippen MR) is 118 cm³/mol. The zero-order valence-electron chi connectivity index (χ0n) is 17.3. The lowest BCUT2D eigenvalue weighted by Crippen LogP contribution is -2.39. The van der Waals surface area contributed by atoms with E-state index < -0.39 is 6.10 Å². The summed E-state index contributed by atoms with van der Waals surface area (Å²) >= 11 is 0. The molecule has 2 aromatic carbocycles. The summed E-state index contributed by atoms with van der Waals surface area (Å²) in [6.45, 7) is 7.60. The van der Waals surface area contributed by atoms with Crippen LogP contribution in [-0.2, 0) is 6.54 Å². The topological polar surface area (TPSA) is 81.7 Å². The highest BCUT2D eigenvalue weighted by atomic mass is 16.5. The van der Waals surface area contributed by atoms with Gasteiger partial charge in [0.2, 0.25) is 0 Å². The maximum atomic E-state index is 10.6. The van der Waals surface area contributed by atoms with Gasteiger partial charge >= 0.3 is 0 Å². The quantitative estimate of drug-likeness (QED) is 0.346. The average Bonchev–Trinajstić information content (AvgIpc) is 3.12. The van der Waals surface area contributed by atoms with E-state index in [1.807, 2.05) is 57.2 Å². The molecule has 0 amide bonds. The van der Waals surface area contributed by atoms with Gasteiger partial charge in [-0.05, 0) is 56.0 Å². The molecular weight excluding hydrogens is 364 g/mol. The highest BCUT2D eigenvalue weighted by molar-refractivity contribution is 5.81. The molecule has 0 fully saturated rings. The van der Waals surface area contributed by atoms with Crippen molar-refractivity contribution in [1.82, 2.24) is 15.6 Å². The standard InChI is InChI=1S/C23H30N4O2/c1-4-24-23(25-14-19-12-17-8-5-6-11-21(17)27-19)26-15-22(28)18-9-7-10-20(13-18)29-16(2)3/h5-13,16,22,27-28H,4,14-15H2,1-3H3,(H2,24,25,26). The summed E-state index contributed by atoms with van der Waals surface area (Å²) in [6, 6.07) is 17.8. The van der Waals surface area contributed by atoms with Gasteiger partial charge in [-0.1, -0.05) is 30.3 Å². The molecule has 154 valence electrons. The molecule has 3 rings (SSSR count). The third kappa shape index (κ3) is 5.99. The number of aromatic nitrogens is 1. The summed E-state index contributed by atoms with van der Waals surface area (Å²) in [5.41, 5.74) is 2.96. The number of rotatable bonds is 8. The predicted octanol–water partition coefficient (Wildman–Crippen LogP) is 3.74. The lowest BCUT2D eigenvalue weighted by Gasteiger charge is -2.17. The summed E-state index contributed by atoms with van der Waals surface area (Å²) in [7, 11) is 0. The number of aliphatic imine (C=N–C) groups is 1. The zero-order chi connectivity index (χ0) is 20.6. The van der Waals surface area contributed by atoms with E-state index in [9.17, 15) is 5.11 Å². The van der Waals surface area contributed by atoms with Gasteiger partial charge in [-0.3, -0.25) is 0 Å². The molecule has 0 saturated heterocycles. The van der Waals surface area contributed by atoms with Gasteiger partial charge in [-0.25, -0.2) is 4.99 Å². The Balaban J connectivity index is 1.61. The van der Waals surface area contributed by atoms with Crippen molar-refractivity contribution in [2.75, 3.05) is 13.1 Å². The monoisotopic (exact) mass is 394 g/mol. The number of aromatic amines is 1. The molecule has 0 spiro atoms. The number of H-pyrrole nitrogens is 1. The summed E-state index contributed by atoms with van der Waals surface area (Å²) in [4.78, 5) is 8.01. The average molecular weight is 395 g/mol. The van der Waals surface area contributed by atoms with Gasteiger partial charge in [0.25, 0.3) is 0 Å². The maximum absolute atomic E-state index is 10.6. The first-order chi connectivity index (χ1) is 14.0. The molecule has 4 N–H and O–H groups in total. The molecule has 3 aromatic rings. The van der Waals surface area contributed by atoms with Crippen LogP contribution in [0.15, 0.2) is 59.6 Å². The molecule has 0 saturated carbocycles. The van der Waals surface area contributed by atoms with Gasteiger partial charge in [0, 0.05) is 24.3 Å². The van der Waals surface area contributed by atoms with Crippen LogP contribution in [-0.4, -0.2) is 35.2 Å². The number of ether oxygens (including phenoxy) is 1. The van der Waals surface area contributed by atoms with E-state index in [0.29, 0.717) is 19.0 Å². The van der Waals surface area contributed by atoms with E-state index in [-0.39, 0.29) is 6.10 Å². The van der Waals surface area contributed by atoms with Crippen LogP contribution in [0.3, 0.4) is 0 Å². The largest absolute Gasteiger partial charge is 0.491 e. The molecule has 0 bridgehead atoms. The number of guanidine groups is 1. The fourth-order valence-electron chi connectivity index (χ4n) is 3.10. The number of aliphatic hydroxyl groups excluding tert-OH is 1. The van der Waals surface area contributed by atoms with Crippen LogP contribution in [0.25, 0.3) is 10.9 Å². The minimum atomic E-state index is -0.664. The van der Waals surface area contributed by atoms with E-state index in [4.69, 9.17) is 4.74 Å². The molecule has 1 heterocycles. The van der Waals surface area contributed by atoms with Crippen molar-refractivity contribution < 1.29 is 9.84 Å².